The fourth-order valence-electron chi connectivity index (χ4n) is 2.28. The summed E-state index contributed by atoms with van der Waals surface area (Å²) in [5.74, 6) is -0.272. The van der Waals surface area contributed by atoms with Gasteiger partial charge in [0, 0.05) is 0 Å². The van der Waals surface area contributed by atoms with Gasteiger partial charge in [0.25, 0.3) is 0 Å². The van der Waals surface area contributed by atoms with Crippen molar-refractivity contribution < 1.29 is 9.53 Å². The predicted molar refractivity (Wildman–Crippen MR) is 90.6 cm³/mol. The van der Waals surface area contributed by atoms with E-state index < -0.39 is 0 Å². The molecule has 2 heterocycles. The summed E-state index contributed by atoms with van der Waals surface area (Å²) in [5, 5.41) is 8.70. The second-order valence-corrected chi connectivity index (χ2v) is 6.31. The Morgan fingerprint density at radius 3 is 2.79 bits per heavy atom. The molecule has 0 unspecified atom stereocenters. The topological polar surface area (TPSA) is 82.8 Å². The summed E-state index contributed by atoms with van der Waals surface area (Å²) >= 11 is 1.33. The van der Waals surface area contributed by atoms with E-state index in [0.29, 0.717) is 29.2 Å². The minimum Gasteiger partial charge on any atom is -0.468 e. The first kappa shape index (κ1) is 16.4. The Bertz CT molecular complexity index is 837. The number of thioether (sulfide) groups is 1. The highest BCUT2D eigenvalue weighted by Crippen LogP contribution is 2.28. The van der Waals surface area contributed by atoms with Crippen molar-refractivity contribution in [2.75, 3.05) is 7.11 Å². The van der Waals surface area contributed by atoms with Crippen molar-refractivity contribution in [2.45, 2.75) is 30.2 Å². The van der Waals surface area contributed by atoms with Crippen molar-refractivity contribution in [1.82, 2.24) is 25.0 Å². The molecule has 0 bridgehead atoms. The van der Waals surface area contributed by atoms with Crippen LogP contribution >= 0.6 is 11.8 Å². The zero-order valence-corrected chi connectivity index (χ0v) is 14.2. The van der Waals surface area contributed by atoms with Gasteiger partial charge < -0.3 is 4.74 Å². The monoisotopic (exact) mass is 343 g/mol. The van der Waals surface area contributed by atoms with E-state index >= 15 is 0 Å². The lowest BCUT2D eigenvalue weighted by atomic mass is 10.2. The quantitative estimate of drug-likeness (QED) is 0.386. The number of fused-ring (bicyclic) bond motifs is 1. The molecule has 0 aliphatic rings. The third kappa shape index (κ3) is 3.38. The van der Waals surface area contributed by atoms with Crippen molar-refractivity contribution >= 4 is 28.9 Å². The molecule has 0 N–H and O–H groups in total. The largest absolute Gasteiger partial charge is 0.468 e. The number of ether oxygens (including phenoxy) is 1. The number of carbonyl (C=O) groups is 1. The smallest absolute Gasteiger partial charge is 0.319 e. The fraction of sp³-hybridized carbons (Fsp3) is 0.312. The number of benzene rings is 1. The first-order valence-electron chi connectivity index (χ1n) is 7.55. The van der Waals surface area contributed by atoms with Crippen molar-refractivity contribution in [3.8, 4) is 0 Å². The zero-order valence-electron chi connectivity index (χ0n) is 13.4. The molecule has 0 radical (unpaired) electrons. The number of methoxy groups -OCH3 is 1. The number of esters is 1. The van der Waals surface area contributed by atoms with Gasteiger partial charge in [-0.15, -0.1) is 5.10 Å². The molecule has 0 fully saturated rings. The molecule has 0 saturated carbocycles. The van der Waals surface area contributed by atoms with Crippen LogP contribution in [0.5, 0.6) is 0 Å². The maximum Gasteiger partial charge on any atom is 0.319 e. The van der Waals surface area contributed by atoms with E-state index in [2.05, 4.69) is 20.3 Å². The Hall–Kier alpha value is -2.48. The SMILES string of the molecule is CC[C@@H](Sc1ncnc2c1nnn2Cc1ccccc1)C(=O)OC. The third-order valence-electron chi connectivity index (χ3n) is 3.53. The summed E-state index contributed by atoms with van der Waals surface area (Å²) in [4.78, 5) is 20.4. The van der Waals surface area contributed by atoms with Crippen LogP contribution < -0.4 is 0 Å². The maximum absolute atomic E-state index is 11.8. The van der Waals surface area contributed by atoms with Gasteiger partial charge in [0.05, 0.1) is 13.7 Å². The van der Waals surface area contributed by atoms with E-state index in [9.17, 15) is 4.79 Å². The second-order valence-electron chi connectivity index (χ2n) is 5.12. The second kappa shape index (κ2) is 7.39. The van der Waals surface area contributed by atoms with Crippen molar-refractivity contribution in [3.63, 3.8) is 0 Å². The number of carbonyl (C=O) groups excluding carboxylic acids is 1. The van der Waals surface area contributed by atoms with Gasteiger partial charge in [-0.05, 0) is 12.0 Å². The summed E-state index contributed by atoms with van der Waals surface area (Å²) in [5.41, 5.74) is 2.36. The highest BCUT2D eigenvalue weighted by atomic mass is 32.2. The van der Waals surface area contributed by atoms with Crippen molar-refractivity contribution in [3.05, 3.63) is 42.2 Å². The minimum atomic E-state index is -0.327. The molecule has 0 amide bonds. The molecule has 2 aromatic heterocycles. The predicted octanol–water partition coefficient (Wildman–Crippen LogP) is 2.31. The van der Waals surface area contributed by atoms with Gasteiger partial charge in [-0.3, -0.25) is 4.79 Å². The lowest BCUT2D eigenvalue weighted by Crippen LogP contribution is -2.17. The van der Waals surface area contributed by atoms with Gasteiger partial charge in [0.2, 0.25) is 0 Å². The Labute approximate surface area is 143 Å². The zero-order chi connectivity index (χ0) is 16.9. The molecule has 0 aliphatic heterocycles. The molecule has 0 aliphatic carbocycles. The molecule has 1 aromatic carbocycles. The Morgan fingerprint density at radius 1 is 1.29 bits per heavy atom. The lowest BCUT2D eigenvalue weighted by Gasteiger charge is -2.11. The van der Waals surface area contributed by atoms with Crippen molar-refractivity contribution in [1.29, 1.82) is 0 Å². The Kier molecular flexibility index (Phi) is 5.05. The molecule has 0 saturated heterocycles. The van der Waals surface area contributed by atoms with Gasteiger partial charge in [-0.25, -0.2) is 14.6 Å². The van der Waals surface area contributed by atoms with Crippen LogP contribution in [0.4, 0.5) is 0 Å². The number of rotatable bonds is 6. The normalized spacial score (nSPS) is 12.2. The van der Waals surface area contributed by atoms with Crippen LogP contribution in [0, 0.1) is 0 Å². The summed E-state index contributed by atoms with van der Waals surface area (Å²) in [7, 11) is 1.39. The number of nitrogens with zero attached hydrogens (tertiary/aromatic N) is 5. The molecular weight excluding hydrogens is 326 g/mol. The van der Waals surface area contributed by atoms with Gasteiger partial charge in [-0.2, -0.15) is 0 Å². The molecule has 1 atom stereocenters. The highest BCUT2D eigenvalue weighted by molar-refractivity contribution is 8.00. The van der Waals surface area contributed by atoms with Crippen LogP contribution in [0.1, 0.15) is 18.9 Å². The molecule has 3 rings (SSSR count). The van der Waals surface area contributed by atoms with Crippen LogP contribution in [0.2, 0.25) is 0 Å². The van der Waals surface area contributed by atoms with E-state index in [-0.39, 0.29) is 11.2 Å². The molecule has 24 heavy (non-hydrogen) atoms. The Morgan fingerprint density at radius 2 is 2.08 bits per heavy atom. The minimum absolute atomic E-state index is 0.272. The summed E-state index contributed by atoms with van der Waals surface area (Å²) in [6.07, 6.45) is 2.11. The summed E-state index contributed by atoms with van der Waals surface area (Å²) < 4.78 is 6.56. The number of aromatic nitrogens is 5. The van der Waals surface area contributed by atoms with Crippen LogP contribution in [0.15, 0.2) is 41.7 Å². The lowest BCUT2D eigenvalue weighted by molar-refractivity contribution is -0.140. The molecule has 8 heteroatoms. The van der Waals surface area contributed by atoms with Gasteiger partial charge >= 0.3 is 5.97 Å². The first-order chi connectivity index (χ1) is 11.7. The maximum atomic E-state index is 11.8. The standard InChI is InChI=1S/C16H17N5O2S/c1-3-12(16(22)23-2)24-15-13-14(17-10-18-15)21(20-19-13)9-11-7-5-4-6-8-11/h4-8,10,12H,3,9H2,1-2H3/t12-/m1/s1. The first-order valence-corrected chi connectivity index (χ1v) is 8.43. The highest BCUT2D eigenvalue weighted by Gasteiger charge is 2.22. The van der Waals surface area contributed by atoms with E-state index in [1.807, 2.05) is 37.3 Å². The van der Waals surface area contributed by atoms with Crippen LogP contribution in [-0.4, -0.2) is 43.3 Å². The van der Waals surface area contributed by atoms with Crippen LogP contribution in [0.3, 0.4) is 0 Å². The van der Waals surface area contributed by atoms with Crippen LogP contribution in [0.25, 0.3) is 11.2 Å². The Balaban J connectivity index is 1.90. The number of hydrogen-bond donors (Lipinski definition) is 0. The summed E-state index contributed by atoms with van der Waals surface area (Å²) in [6.45, 7) is 2.51. The van der Waals surface area contributed by atoms with E-state index in [1.54, 1.807) is 4.68 Å². The number of hydrogen-bond acceptors (Lipinski definition) is 7. The van der Waals surface area contributed by atoms with Crippen LogP contribution in [-0.2, 0) is 16.1 Å². The molecule has 7 nitrogen and oxygen atoms in total. The van der Waals surface area contributed by atoms with Crippen molar-refractivity contribution in [2.24, 2.45) is 0 Å². The van der Waals surface area contributed by atoms with Gasteiger partial charge in [0.1, 0.15) is 16.6 Å². The molecular formula is C16H17N5O2S. The molecule has 0 spiro atoms. The van der Waals surface area contributed by atoms with Gasteiger partial charge in [0.15, 0.2) is 11.2 Å². The molecule has 3 aromatic rings. The average Bonchev–Trinajstić information content (AvgIpc) is 3.03. The van der Waals surface area contributed by atoms with E-state index in [1.165, 1.54) is 25.2 Å². The average molecular weight is 343 g/mol. The summed E-state index contributed by atoms with van der Waals surface area (Å²) in [6, 6.07) is 9.97. The molecule has 124 valence electrons. The van der Waals surface area contributed by atoms with E-state index in [4.69, 9.17) is 4.74 Å². The third-order valence-corrected chi connectivity index (χ3v) is 4.86. The van der Waals surface area contributed by atoms with Gasteiger partial charge in [-0.1, -0.05) is 54.2 Å². The van der Waals surface area contributed by atoms with E-state index in [0.717, 1.165) is 5.56 Å². The fourth-order valence-corrected chi connectivity index (χ4v) is 3.27.